The molecule has 18 heavy (non-hydrogen) atoms. The first-order chi connectivity index (χ1) is 8.52. The number of β-amino-alcohol motifs (C(OH)–C–C–N with tert-alkyl or cyclic N) is 1. The lowest BCUT2D eigenvalue weighted by Crippen LogP contribution is -2.43. The normalized spacial score (nSPS) is 24.1. The zero-order chi connectivity index (χ0) is 13.3. The molecule has 0 aliphatic carbocycles. The number of aliphatic hydroxyl groups excluding tert-OH is 1. The summed E-state index contributed by atoms with van der Waals surface area (Å²) in [6, 6.07) is 0. The fraction of sp³-hybridized carbons (Fsp3) is 0.583. The van der Waals surface area contributed by atoms with Gasteiger partial charge in [-0.15, -0.1) is 0 Å². The van der Waals surface area contributed by atoms with Gasteiger partial charge in [-0.25, -0.2) is 9.97 Å². The molecule has 2 rings (SSSR count). The van der Waals surface area contributed by atoms with Gasteiger partial charge < -0.3 is 10.0 Å². The van der Waals surface area contributed by atoms with E-state index in [-0.39, 0.29) is 11.1 Å². The third-order valence-corrected chi connectivity index (χ3v) is 3.61. The van der Waals surface area contributed by atoms with Crippen molar-refractivity contribution in [2.24, 2.45) is 5.92 Å². The van der Waals surface area contributed by atoms with Crippen LogP contribution in [0, 0.1) is 12.8 Å². The van der Waals surface area contributed by atoms with Crippen molar-refractivity contribution >= 4 is 23.7 Å². The summed E-state index contributed by atoms with van der Waals surface area (Å²) < 4.78 is 0. The van der Waals surface area contributed by atoms with Crippen LogP contribution in [-0.4, -0.2) is 40.6 Å². The number of nitrogens with zero attached hydrogens (tertiary/aromatic N) is 3. The maximum Gasteiger partial charge on any atom is 0.156 e. The SMILES string of the molecule is Cc1nc(Cl)c(C=O)c(N2CCC(C)C(O)C2)n1. The molecule has 2 atom stereocenters. The molecule has 0 amide bonds. The molecule has 98 valence electrons. The van der Waals surface area contributed by atoms with Crippen LogP contribution in [0.5, 0.6) is 0 Å². The van der Waals surface area contributed by atoms with Crippen LogP contribution in [0.4, 0.5) is 5.82 Å². The topological polar surface area (TPSA) is 66.3 Å². The van der Waals surface area contributed by atoms with Crippen molar-refractivity contribution in [3.8, 4) is 0 Å². The van der Waals surface area contributed by atoms with Gasteiger partial charge in [0.2, 0.25) is 0 Å². The number of hydrogen-bond acceptors (Lipinski definition) is 5. The Morgan fingerprint density at radius 1 is 1.50 bits per heavy atom. The molecule has 5 nitrogen and oxygen atoms in total. The first-order valence-corrected chi connectivity index (χ1v) is 6.33. The lowest BCUT2D eigenvalue weighted by Gasteiger charge is -2.35. The molecule has 1 aromatic heterocycles. The summed E-state index contributed by atoms with van der Waals surface area (Å²) in [7, 11) is 0. The monoisotopic (exact) mass is 269 g/mol. The largest absolute Gasteiger partial charge is 0.391 e. The number of aromatic nitrogens is 2. The lowest BCUT2D eigenvalue weighted by molar-refractivity contribution is 0.102. The quantitative estimate of drug-likeness (QED) is 0.650. The van der Waals surface area contributed by atoms with Crippen molar-refractivity contribution in [2.45, 2.75) is 26.4 Å². The van der Waals surface area contributed by atoms with E-state index in [0.29, 0.717) is 30.0 Å². The highest BCUT2D eigenvalue weighted by Crippen LogP contribution is 2.27. The number of piperidine rings is 1. The number of hydrogen-bond donors (Lipinski definition) is 1. The number of carbonyl (C=O) groups is 1. The van der Waals surface area contributed by atoms with Gasteiger partial charge in [0, 0.05) is 13.1 Å². The fourth-order valence-corrected chi connectivity index (χ4v) is 2.37. The van der Waals surface area contributed by atoms with E-state index in [9.17, 15) is 9.90 Å². The molecule has 0 bridgehead atoms. The molecule has 1 aliphatic heterocycles. The Kier molecular flexibility index (Phi) is 3.82. The average molecular weight is 270 g/mol. The molecule has 2 heterocycles. The maximum atomic E-state index is 11.1. The van der Waals surface area contributed by atoms with E-state index >= 15 is 0 Å². The summed E-state index contributed by atoms with van der Waals surface area (Å²) in [4.78, 5) is 21.2. The van der Waals surface area contributed by atoms with Gasteiger partial charge in [-0.05, 0) is 19.3 Å². The van der Waals surface area contributed by atoms with Gasteiger partial charge in [-0.3, -0.25) is 4.79 Å². The van der Waals surface area contributed by atoms with E-state index < -0.39 is 6.10 Å². The standard InChI is InChI=1S/C12H16ClN3O2/c1-7-3-4-16(5-10(7)18)12-9(6-17)11(13)14-8(2)15-12/h6-7,10,18H,3-5H2,1-2H3. The Morgan fingerprint density at radius 2 is 2.22 bits per heavy atom. The summed E-state index contributed by atoms with van der Waals surface area (Å²) in [6.07, 6.45) is 1.12. The van der Waals surface area contributed by atoms with E-state index in [1.54, 1.807) is 6.92 Å². The van der Waals surface area contributed by atoms with Gasteiger partial charge >= 0.3 is 0 Å². The number of aldehydes is 1. The Morgan fingerprint density at radius 3 is 2.83 bits per heavy atom. The second-order valence-electron chi connectivity index (χ2n) is 4.70. The Hall–Kier alpha value is -1.20. The molecule has 0 saturated carbocycles. The number of aliphatic hydroxyl groups is 1. The van der Waals surface area contributed by atoms with Gasteiger partial charge in [-0.2, -0.15) is 0 Å². The highest BCUT2D eigenvalue weighted by molar-refractivity contribution is 6.32. The number of aryl methyl sites for hydroxylation is 1. The molecule has 1 saturated heterocycles. The minimum Gasteiger partial charge on any atom is -0.391 e. The Labute approximate surface area is 111 Å². The molecule has 1 fully saturated rings. The Bertz CT molecular complexity index is 467. The van der Waals surface area contributed by atoms with Crippen LogP contribution in [0.1, 0.15) is 29.5 Å². The van der Waals surface area contributed by atoms with E-state index in [2.05, 4.69) is 9.97 Å². The van der Waals surface area contributed by atoms with E-state index in [0.717, 1.165) is 13.0 Å². The van der Waals surface area contributed by atoms with Crippen LogP contribution in [0.15, 0.2) is 0 Å². The molecule has 6 heteroatoms. The second kappa shape index (κ2) is 5.20. The van der Waals surface area contributed by atoms with Crippen molar-refractivity contribution < 1.29 is 9.90 Å². The third-order valence-electron chi connectivity index (χ3n) is 3.33. The molecule has 1 N–H and O–H groups in total. The maximum absolute atomic E-state index is 11.1. The summed E-state index contributed by atoms with van der Waals surface area (Å²) in [5.41, 5.74) is 0.295. The van der Waals surface area contributed by atoms with Crippen LogP contribution in [0.25, 0.3) is 0 Å². The minimum absolute atomic E-state index is 0.167. The van der Waals surface area contributed by atoms with Gasteiger partial charge in [0.1, 0.15) is 16.8 Å². The molecular weight excluding hydrogens is 254 g/mol. The lowest BCUT2D eigenvalue weighted by atomic mass is 9.96. The van der Waals surface area contributed by atoms with Crippen molar-refractivity contribution in [1.82, 2.24) is 9.97 Å². The number of halogens is 1. The van der Waals surface area contributed by atoms with Crippen molar-refractivity contribution in [2.75, 3.05) is 18.0 Å². The molecular formula is C12H16ClN3O2. The van der Waals surface area contributed by atoms with Crippen molar-refractivity contribution in [3.63, 3.8) is 0 Å². The van der Waals surface area contributed by atoms with Crippen molar-refractivity contribution in [3.05, 3.63) is 16.5 Å². The third kappa shape index (κ3) is 2.47. The molecule has 0 spiro atoms. The predicted octanol–water partition coefficient (Wildman–Crippen LogP) is 1.46. The van der Waals surface area contributed by atoms with E-state index in [4.69, 9.17) is 11.6 Å². The van der Waals surface area contributed by atoms with Crippen LogP contribution < -0.4 is 4.90 Å². The molecule has 1 aliphatic rings. The molecule has 0 aromatic carbocycles. The number of rotatable bonds is 2. The summed E-state index contributed by atoms with van der Waals surface area (Å²) >= 11 is 5.95. The Balaban J connectivity index is 2.35. The predicted molar refractivity (Wildman–Crippen MR) is 69.2 cm³/mol. The first-order valence-electron chi connectivity index (χ1n) is 5.95. The van der Waals surface area contributed by atoms with Crippen LogP contribution in [-0.2, 0) is 0 Å². The average Bonchev–Trinajstić information content (AvgIpc) is 2.32. The van der Waals surface area contributed by atoms with Crippen LogP contribution in [0.2, 0.25) is 5.15 Å². The zero-order valence-electron chi connectivity index (χ0n) is 10.4. The van der Waals surface area contributed by atoms with Crippen LogP contribution >= 0.6 is 11.6 Å². The fourth-order valence-electron chi connectivity index (χ4n) is 2.12. The smallest absolute Gasteiger partial charge is 0.156 e. The highest BCUT2D eigenvalue weighted by Gasteiger charge is 2.27. The number of carbonyl (C=O) groups excluding carboxylic acids is 1. The van der Waals surface area contributed by atoms with Crippen LogP contribution in [0.3, 0.4) is 0 Å². The molecule has 1 aromatic rings. The van der Waals surface area contributed by atoms with E-state index in [1.165, 1.54) is 0 Å². The summed E-state index contributed by atoms with van der Waals surface area (Å²) in [5, 5.41) is 10.1. The summed E-state index contributed by atoms with van der Waals surface area (Å²) in [6.45, 7) is 4.97. The van der Waals surface area contributed by atoms with Gasteiger partial charge in [-0.1, -0.05) is 18.5 Å². The second-order valence-corrected chi connectivity index (χ2v) is 5.05. The minimum atomic E-state index is -0.410. The van der Waals surface area contributed by atoms with E-state index in [1.807, 2.05) is 11.8 Å². The van der Waals surface area contributed by atoms with Gasteiger partial charge in [0.25, 0.3) is 0 Å². The molecule has 0 radical (unpaired) electrons. The van der Waals surface area contributed by atoms with Crippen molar-refractivity contribution in [1.29, 1.82) is 0 Å². The molecule has 2 unspecified atom stereocenters. The first kappa shape index (κ1) is 13.2. The number of anilines is 1. The highest BCUT2D eigenvalue weighted by atomic mass is 35.5. The summed E-state index contributed by atoms with van der Waals surface area (Å²) in [5.74, 6) is 1.31. The zero-order valence-corrected chi connectivity index (χ0v) is 11.2. The van der Waals surface area contributed by atoms with Gasteiger partial charge in [0.15, 0.2) is 6.29 Å². The van der Waals surface area contributed by atoms with Gasteiger partial charge in [0.05, 0.1) is 11.7 Å².